The Balaban J connectivity index is 1.33. The number of para-hydroxylation sites is 4. The number of nitrogens with zero attached hydrogens (tertiary/aromatic N) is 4. The van der Waals surface area contributed by atoms with E-state index in [9.17, 15) is 0 Å². The zero-order valence-corrected chi connectivity index (χ0v) is 26.4. The maximum Gasteiger partial charge on any atom is 0.164 e. The third-order valence-electron chi connectivity index (χ3n) is 9.02. The fourth-order valence-corrected chi connectivity index (χ4v) is 6.74. The first-order valence-electron chi connectivity index (χ1n) is 19.2. The van der Waals surface area contributed by atoms with E-state index in [-0.39, 0.29) is 58.1 Å². The van der Waals surface area contributed by atoms with Gasteiger partial charge in [0.25, 0.3) is 0 Å². The molecule has 50 heavy (non-hydrogen) atoms. The first kappa shape index (κ1) is 22.7. The van der Waals surface area contributed by atoms with Gasteiger partial charge in [-0.05, 0) is 36.4 Å². The molecule has 0 aliphatic rings. The molecule has 0 saturated heterocycles. The summed E-state index contributed by atoms with van der Waals surface area (Å²) in [4.78, 5) is 14.9. The Labute approximate surface area is 296 Å². The van der Waals surface area contributed by atoms with E-state index in [1.807, 2.05) is 121 Å². The van der Waals surface area contributed by atoms with E-state index < -0.39 is 0 Å². The number of fused-ring (bicyclic) bond motifs is 6. The highest BCUT2D eigenvalue weighted by Crippen LogP contribution is 2.42. The van der Waals surface area contributed by atoms with Crippen molar-refractivity contribution in [3.8, 4) is 51.0 Å². The van der Waals surface area contributed by atoms with Crippen LogP contribution in [-0.2, 0) is 0 Å². The molecule has 10 rings (SSSR count). The molecule has 0 fully saturated rings. The lowest BCUT2D eigenvalue weighted by Crippen LogP contribution is -2.02. The summed E-state index contributed by atoms with van der Waals surface area (Å²) < 4.78 is 61.5. The second-order valence-corrected chi connectivity index (χ2v) is 11.9. The Morgan fingerprint density at radius 3 is 1.70 bits per heavy atom. The number of hydrogen-bond acceptors (Lipinski definition) is 4. The van der Waals surface area contributed by atoms with Crippen molar-refractivity contribution >= 4 is 43.7 Å². The summed E-state index contributed by atoms with van der Waals surface area (Å²) in [5.41, 5.74) is 6.09. The van der Waals surface area contributed by atoms with Gasteiger partial charge in [-0.15, -0.1) is 0 Å². The van der Waals surface area contributed by atoms with Crippen LogP contribution in [0.1, 0.15) is 8.22 Å². The van der Waals surface area contributed by atoms with Gasteiger partial charge >= 0.3 is 0 Å². The molecule has 7 aromatic carbocycles. The van der Waals surface area contributed by atoms with E-state index >= 15 is 0 Å². The predicted molar refractivity (Wildman–Crippen MR) is 203 cm³/mol. The SMILES string of the molecule is [2H]c1cc([2H])c2c(c1[2H])c1c([2H])c([2H])cc([2H])c1n2-c1ccc(-c2nc(-c3ccccc3)nc(-c3ccccc3)n2)cc1-c1cccc2c1oc1ccccc12. The van der Waals surface area contributed by atoms with Crippen LogP contribution in [0, 0.1) is 0 Å². The van der Waals surface area contributed by atoms with E-state index in [4.69, 9.17) is 27.6 Å². The molecule has 0 amide bonds. The van der Waals surface area contributed by atoms with Crippen LogP contribution >= 0.6 is 0 Å². The van der Waals surface area contributed by atoms with Crippen molar-refractivity contribution in [2.45, 2.75) is 0 Å². The molecule has 0 saturated carbocycles. The van der Waals surface area contributed by atoms with E-state index in [1.54, 1.807) is 4.57 Å². The third kappa shape index (κ3) is 4.52. The molecule has 0 aliphatic carbocycles. The van der Waals surface area contributed by atoms with Gasteiger partial charge in [0.1, 0.15) is 11.2 Å². The van der Waals surface area contributed by atoms with Crippen molar-refractivity contribution in [2.75, 3.05) is 0 Å². The van der Waals surface area contributed by atoms with Crippen molar-refractivity contribution in [1.82, 2.24) is 19.5 Å². The number of rotatable bonds is 5. The summed E-state index contributed by atoms with van der Waals surface area (Å²) in [6.07, 6.45) is 0. The number of furan rings is 1. The minimum atomic E-state index is -0.178. The van der Waals surface area contributed by atoms with Crippen LogP contribution in [0.4, 0.5) is 0 Å². The largest absolute Gasteiger partial charge is 0.455 e. The standard InChI is InChI=1S/C45H28N4O/c1-3-14-29(15-4-1)43-46-44(30-16-5-2-6-17-30)48-45(47-43)31-26-27-40(49-38-23-10-7-18-32(38)33-19-8-11-24-39(33)49)37(28-31)36-22-13-21-35-34-20-9-12-25-41(34)50-42(35)36/h1-28H/i7D,8D,18D,19D,23D,24D. The molecule has 10 aromatic rings. The quantitative estimate of drug-likeness (QED) is 0.187. The maximum atomic E-state index is 9.15. The Morgan fingerprint density at radius 2 is 1.04 bits per heavy atom. The second kappa shape index (κ2) is 11.4. The molecular weight excluding hydrogens is 613 g/mol. The Kier molecular flexibility index (Phi) is 5.17. The van der Waals surface area contributed by atoms with Crippen LogP contribution < -0.4 is 0 Å². The number of benzene rings is 7. The van der Waals surface area contributed by atoms with Gasteiger partial charge in [-0.2, -0.15) is 0 Å². The lowest BCUT2D eigenvalue weighted by atomic mass is 9.98. The lowest BCUT2D eigenvalue weighted by Gasteiger charge is -2.16. The molecule has 0 aliphatic heterocycles. The average molecular weight is 647 g/mol. The van der Waals surface area contributed by atoms with Gasteiger partial charge in [0, 0.05) is 49.4 Å². The molecule has 5 nitrogen and oxygen atoms in total. The minimum Gasteiger partial charge on any atom is -0.455 e. The highest BCUT2D eigenvalue weighted by Gasteiger charge is 2.21. The third-order valence-corrected chi connectivity index (χ3v) is 9.02. The smallest absolute Gasteiger partial charge is 0.164 e. The molecule has 0 radical (unpaired) electrons. The molecule has 234 valence electrons. The van der Waals surface area contributed by atoms with Gasteiger partial charge < -0.3 is 8.98 Å². The highest BCUT2D eigenvalue weighted by molar-refractivity contribution is 6.12. The van der Waals surface area contributed by atoms with Gasteiger partial charge in [-0.25, -0.2) is 15.0 Å². The zero-order valence-electron chi connectivity index (χ0n) is 32.4. The summed E-state index contributed by atoms with van der Waals surface area (Å²) in [5.74, 6) is 1.43. The molecule has 0 unspecified atom stereocenters. The van der Waals surface area contributed by atoms with Gasteiger partial charge in [-0.1, -0.05) is 133 Å². The monoisotopic (exact) mass is 646 g/mol. The van der Waals surface area contributed by atoms with Crippen molar-refractivity contribution in [1.29, 1.82) is 0 Å². The number of hydrogen-bond donors (Lipinski definition) is 0. The Bertz CT molecular complexity index is 3090. The first-order chi connectivity index (χ1) is 27.3. The van der Waals surface area contributed by atoms with Crippen LogP contribution in [0.25, 0.3) is 94.7 Å². The van der Waals surface area contributed by atoms with Gasteiger partial charge in [0.2, 0.25) is 0 Å². The Hall–Kier alpha value is -6.85. The van der Waals surface area contributed by atoms with E-state index in [0.29, 0.717) is 45.5 Å². The van der Waals surface area contributed by atoms with Crippen LogP contribution in [0.5, 0.6) is 0 Å². The van der Waals surface area contributed by atoms with Crippen molar-refractivity contribution in [2.24, 2.45) is 0 Å². The summed E-state index contributed by atoms with van der Waals surface area (Å²) in [7, 11) is 0. The second-order valence-electron chi connectivity index (χ2n) is 11.9. The van der Waals surface area contributed by atoms with E-state index in [1.165, 1.54) is 12.1 Å². The molecule has 3 aromatic heterocycles. The molecule has 3 heterocycles. The maximum absolute atomic E-state index is 9.15. The lowest BCUT2D eigenvalue weighted by molar-refractivity contribution is 0.670. The van der Waals surface area contributed by atoms with E-state index in [0.717, 1.165) is 27.5 Å². The number of aromatic nitrogens is 4. The highest BCUT2D eigenvalue weighted by atomic mass is 16.3. The molecule has 5 heteroatoms. The summed E-state index contributed by atoms with van der Waals surface area (Å²) in [5, 5.41) is 2.21. The molecule has 0 spiro atoms. The predicted octanol–water partition coefficient (Wildman–Crippen LogP) is 11.5. The summed E-state index contributed by atoms with van der Waals surface area (Å²) in [6.45, 7) is 0. The van der Waals surface area contributed by atoms with Crippen molar-refractivity contribution in [3.05, 3.63) is 170 Å². The molecule has 0 N–H and O–H groups in total. The summed E-state index contributed by atoms with van der Waals surface area (Å²) in [6, 6.07) is 40.7. The Morgan fingerprint density at radius 1 is 0.460 bits per heavy atom. The van der Waals surface area contributed by atoms with Gasteiger partial charge in [-0.3, -0.25) is 0 Å². The fourth-order valence-electron chi connectivity index (χ4n) is 6.74. The molecule has 0 atom stereocenters. The van der Waals surface area contributed by atoms with Gasteiger partial charge in [0.05, 0.1) is 24.9 Å². The van der Waals surface area contributed by atoms with E-state index in [2.05, 4.69) is 0 Å². The van der Waals surface area contributed by atoms with Crippen molar-refractivity contribution < 1.29 is 12.6 Å². The van der Waals surface area contributed by atoms with Crippen LogP contribution in [0.2, 0.25) is 0 Å². The minimum absolute atomic E-state index is 0.0445. The van der Waals surface area contributed by atoms with Crippen LogP contribution in [-0.4, -0.2) is 19.5 Å². The molecule has 0 bridgehead atoms. The average Bonchev–Trinajstić information content (AvgIpc) is 3.80. The van der Waals surface area contributed by atoms with Gasteiger partial charge in [0.15, 0.2) is 17.5 Å². The van der Waals surface area contributed by atoms with Crippen LogP contribution in [0.15, 0.2) is 174 Å². The van der Waals surface area contributed by atoms with Crippen molar-refractivity contribution in [3.63, 3.8) is 0 Å². The molecular formula is C45H28N4O. The first-order valence-corrected chi connectivity index (χ1v) is 16.2. The van der Waals surface area contributed by atoms with Crippen LogP contribution in [0.3, 0.4) is 0 Å². The normalized spacial score (nSPS) is 13.3. The fraction of sp³-hybridized carbons (Fsp3) is 0. The summed E-state index contributed by atoms with van der Waals surface area (Å²) >= 11 is 0. The topological polar surface area (TPSA) is 56.7 Å². The zero-order chi connectivity index (χ0) is 38.2.